The highest BCUT2D eigenvalue weighted by molar-refractivity contribution is 5.96. The van der Waals surface area contributed by atoms with Gasteiger partial charge in [0.2, 0.25) is 0 Å². The molecule has 0 amide bonds. The van der Waals surface area contributed by atoms with Crippen molar-refractivity contribution in [2.24, 2.45) is 0 Å². The molecule has 42 heavy (non-hydrogen) atoms. The lowest BCUT2D eigenvalue weighted by molar-refractivity contribution is -0.145. The summed E-state index contributed by atoms with van der Waals surface area (Å²) >= 11 is 0. The van der Waals surface area contributed by atoms with Crippen LogP contribution in [0.1, 0.15) is 87.7 Å². The number of aliphatic hydroxyl groups excluding tert-OH is 2. The van der Waals surface area contributed by atoms with E-state index in [1.165, 1.54) is 26.4 Å². The lowest BCUT2D eigenvalue weighted by atomic mass is 9.86. The van der Waals surface area contributed by atoms with Crippen molar-refractivity contribution in [3.8, 4) is 11.1 Å². The molecule has 1 aromatic carbocycles. The van der Waals surface area contributed by atoms with Crippen molar-refractivity contribution in [3.63, 3.8) is 0 Å². The minimum atomic E-state index is -1.14. The fourth-order valence-corrected chi connectivity index (χ4v) is 4.41. The molecule has 0 aliphatic heterocycles. The van der Waals surface area contributed by atoms with Crippen LogP contribution in [0.5, 0.6) is 0 Å². The molecule has 1 heterocycles. The van der Waals surface area contributed by atoms with Crippen molar-refractivity contribution in [1.29, 1.82) is 0 Å². The molecule has 2 unspecified atom stereocenters. The molecule has 1 aromatic heterocycles. The van der Waals surface area contributed by atoms with Gasteiger partial charge in [0.1, 0.15) is 24.4 Å². The van der Waals surface area contributed by atoms with E-state index >= 15 is 0 Å². The first-order valence-corrected chi connectivity index (χ1v) is 13.9. The number of rotatable bonds is 15. The summed E-state index contributed by atoms with van der Waals surface area (Å²) in [7, 11) is 2.40. The van der Waals surface area contributed by atoms with Gasteiger partial charge in [-0.2, -0.15) is 0 Å². The lowest BCUT2D eigenvalue weighted by Crippen LogP contribution is -2.16. The smallest absolute Gasteiger partial charge is 0.313 e. The highest BCUT2D eigenvalue weighted by Crippen LogP contribution is 2.38. The highest BCUT2D eigenvalue weighted by Gasteiger charge is 2.23. The predicted molar refractivity (Wildman–Crippen MR) is 160 cm³/mol. The van der Waals surface area contributed by atoms with Crippen LogP contribution in [-0.2, 0) is 28.7 Å². The van der Waals surface area contributed by atoms with Crippen LogP contribution in [0.15, 0.2) is 42.5 Å². The Bertz CT molecular complexity index is 1230. The number of pyridine rings is 1. The zero-order valence-electron chi connectivity index (χ0n) is 25.1. The number of benzene rings is 1. The molecular weight excluding hydrogens is 538 g/mol. The van der Waals surface area contributed by atoms with Gasteiger partial charge in [-0.05, 0) is 23.0 Å². The summed E-state index contributed by atoms with van der Waals surface area (Å²) < 4.78 is 9.07. The second-order valence-corrected chi connectivity index (χ2v) is 10.6. The van der Waals surface area contributed by atoms with E-state index in [-0.39, 0.29) is 24.7 Å². The van der Waals surface area contributed by atoms with E-state index in [1.54, 1.807) is 12.2 Å². The van der Waals surface area contributed by atoms with Gasteiger partial charge in [-0.1, -0.05) is 82.3 Å². The van der Waals surface area contributed by atoms with Gasteiger partial charge in [-0.25, -0.2) is 0 Å². The van der Waals surface area contributed by atoms with Gasteiger partial charge >= 0.3 is 11.9 Å². The van der Waals surface area contributed by atoms with E-state index in [9.17, 15) is 29.4 Å². The molecule has 9 heteroatoms. The van der Waals surface area contributed by atoms with E-state index in [0.29, 0.717) is 0 Å². The molecule has 0 fully saturated rings. The van der Waals surface area contributed by atoms with Crippen LogP contribution >= 0.6 is 0 Å². The summed E-state index contributed by atoms with van der Waals surface area (Å²) in [6.45, 7) is 8.06. The van der Waals surface area contributed by atoms with Gasteiger partial charge in [0, 0.05) is 24.0 Å². The Labute approximate surface area is 247 Å². The zero-order valence-corrected chi connectivity index (χ0v) is 25.1. The van der Waals surface area contributed by atoms with Crippen molar-refractivity contribution in [3.05, 3.63) is 65.0 Å². The van der Waals surface area contributed by atoms with Crippen LogP contribution in [0.4, 0.5) is 0 Å². The summed E-state index contributed by atoms with van der Waals surface area (Å²) in [5, 5.41) is 21.2. The van der Waals surface area contributed by atoms with Gasteiger partial charge in [-0.15, -0.1) is 0 Å². The molecule has 2 aromatic rings. The summed E-state index contributed by atoms with van der Waals surface area (Å²) in [6.07, 6.45) is 2.86. The molecule has 0 bridgehead atoms. The number of carbonyl (C=O) groups excluding carboxylic acids is 4. The van der Waals surface area contributed by atoms with E-state index in [1.807, 2.05) is 58.0 Å². The Kier molecular flexibility index (Phi) is 13.4. The number of esters is 2. The van der Waals surface area contributed by atoms with Crippen molar-refractivity contribution in [2.45, 2.75) is 77.4 Å². The van der Waals surface area contributed by atoms with Crippen molar-refractivity contribution in [1.82, 2.24) is 4.98 Å². The molecule has 0 aliphatic carbocycles. The summed E-state index contributed by atoms with van der Waals surface area (Å²) in [5.41, 5.74) is 4.72. The van der Waals surface area contributed by atoms with Crippen molar-refractivity contribution < 1.29 is 38.9 Å². The van der Waals surface area contributed by atoms with E-state index in [0.717, 1.165) is 33.6 Å². The van der Waals surface area contributed by atoms with E-state index < -0.39 is 48.6 Å². The first-order valence-electron chi connectivity index (χ1n) is 13.9. The first-order chi connectivity index (χ1) is 19.9. The molecule has 0 aliphatic rings. The van der Waals surface area contributed by atoms with Gasteiger partial charge in [0.05, 0.1) is 37.8 Å². The maximum absolute atomic E-state index is 12.2. The van der Waals surface area contributed by atoms with Crippen molar-refractivity contribution >= 4 is 35.7 Å². The lowest BCUT2D eigenvalue weighted by Gasteiger charge is -2.22. The van der Waals surface area contributed by atoms with Crippen LogP contribution in [0.3, 0.4) is 0 Å². The number of methoxy groups -OCH3 is 2. The second-order valence-electron chi connectivity index (χ2n) is 10.6. The minimum Gasteiger partial charge on any atom is -0.469 e. The Morgan fingerprint density at radius 3 is 1.50 bits per heavy atom. The molecular formula is C33H41NO8. The maximum atomic E-state index is 12.2. The number of Topliss-reactive ketones (excluding diaryl/α,β-unsaturated/α-hetero) is 2. The molecule has 0 radical (unpaired) electrons. The van der Waals surface area contributed by atoms with E-state index in [4.69, 9.17) is 4.98 Å². The van der Waals surface area contributed by atoms with Gasteiger partial charge in [0.15, 0.2) is 0 Å². The quantitative estimate of drug-likeness (QED) is 0.225. The normalized spacial score (nSPS) is 13.1. The average Bonchev–Trinajstić information content (AvgIpc) is 2.94. The highest BCUT2D eigenvalue weighted by atomic mass is 16.5. The number of hydrogen-bond donors (Lipinski definition) is 2. The Morgan fingerprint density at radius 2 is 1.14 bits per heavy atom. The number of hydrogen-bond acceptors (Lipinski definition) is 9. The average molecular weight is 580 g/mol. The minimum absolute atomic E-state index is 0.00211. The summed E-state index contributed by atoms with van der Waals surface area (Å²) in [4.78, 5) is 52.3. The molecule has 0 saturated heterocycles. The maximum Gasteiger partial charge on any atom is 0.313 e. The molecule has 9 nitrogen and oxygen atoms in total. The number of aromatic nitrogens is 1. The fourth-order valence-electron chi connectivity index (χ4n) is 4.41. The van der Waals surface area contributed by atoms with Crippen LogP contribution in [0.2, 0.25) is 0 Å². The predicted octanol–water partition coefficient (Wildman–Crippen LogP) is 4.79. The molecule has 226 valence electrons. The number of carbonyl (C=O) groups is 4. The monoisotopic (exact) mass is 579 g/mol. The Morgan fingerprint density at radius 1 is 0.738 bits per heavy atom. The summed E-state index contributed by atoms with van der Waals surface area (Å²) in [6, 6.07) is 9.61. The first kappa shape index (κ1) is 34.3. The Hall–Kier alpha value is -3.95. The zero-order chi connectivity index (χ0) is 31.4. The van der Waals surface area contributed by atoms with Gasteiger partial charge in [-0.3, -0.25) is 24.2 Å². The fraction of sp³-hybridized carbons (Fsp3) is 0.424. The van der Waals surface area contributed by atoms with Gasteiger partial charge in [0.25, 0.3) is 0 Å². The third kappa shape index (κ3) is 10.2. The number of aliphatic hydroxyl groups is 2. The van der Waals surface area contributed by atoms with Gasteiger partial charge < -0.3 is 19.7 Å². The topological polar surface area (TPSA) is 140 Å². The third-order valence-corrected chi connectivity index (χ3v) is 6.47. The molecule has 2 rings (SSSR count). The SMILES string of the molecule is COC(=O)CC(=O)CC(O)C=Cc1c(C(C)C)nc(C(C)C)c(C=CC(O)CC(=O)CC(=O)OC)c1-c1ccccc1. The largest absolute Gasteiger partial charge is 0.469 e. The second kappa shape index (κ2) is 16.5. The van der Waals surface area contributed by atoms with E-state index in [2.05, 4.69) is 9.47 Å². The van der Waals surface area contributed by atoms with Crippen molar-refractivity contribution in [2.75, 3.05) is 14.2 Å². The van der Waals surface area contributed by atoms with Crippen LogP contribution in [0.25, 0.3) is 23.3 Å². The number of ketones is 2. The molecule has 2 atom stereocenters. The third-order valence-electron chi connectivity index (χ3n) is 6.47. The molecule has 0 spiro atoms. The number of nitrogens with zero attached hydrogens (tertiary/aromatic N) is 1. The number of ether oxygens (including phenoxy) is 2. The molecule has 0 saturated carbocycles. The summed E-state index contributed by atoms with van der Waals surface area (Å²) in [5.74, 6) is -2.21. The van der Waals surface area contributed by atoms with Crippen LogP contribution in [-0.4, -0.2) is 65.1 Å². The molecule has 2 N–H and O–H groups in total. The Balaban J connectivity index is 2.65. The standard InChI is InChI=1S/C33H41NO8/c1-20(2)32-27(14-12-23(35)16-25(37)18-29(39)41-5)31(22-10-8-7-9-11-22)28(33(34-32)21(3)4)15-13-24(36)17-26(38)19-30(40)42-6/h7-15,20-21,23-24,35-36H,16-19H2,1-6H3. The van der Waals surface area contributed by atoms with Crippen LogP contribution < -0.4 is 0 Å². The van der Waals surface area contributed by atoms with Crippen LogP contribution in [0, 0.1) is 0 Å².